The van der Waals surface area contributed by atoms with E-state index in [1.165, 1.54) is 19.3 Å². The summed E-state index contributed by atoms with van der Waals surface area (Å²) in [5, 5.41) is 1.59. The third kappa shape index (κ3) is 6.00. The Labute approximate surface area is 137 Å². The monoisotopic (exact) mass is 326 g/mol. The smallest absolute Gasteiger partial charge is 0.0150 e. The molecule has 0 spiro atoms. The van der Waals surface area contributed by atoms with Gasteiger partial charge in [0.15, 0.2) is 0 Å². The van der Waals surface area contributed by atoms with Crippen LogP contribution in [-0.2, 0) is 0 Å². The van der Waals surface area contributed by atoms with Crippen molar-refractivity contribution in [3.8, 4) is 0 Å². The van der Waals surface area contributed by atoms with Crippen molar-refractivity contribution in [1.82, 2.24) is 0 Å². The maximum Gasteiger partial charge on any atom is -0.0150 e. The van der Waals surface area contributed by atoms with Crippen molar-refractivity contribution in [2.45, 2.75) is 65.5 Å². The van der Waals surface area contributed by atoms with Gasteiger partial charge in [0.2, 0.25) is 0 Å². The van der Waals surface area contributed by atoms with Gasteiger partial charge in [-0.25, -0.2) is 0 Å². The van der Waals surface area contributed by atoms with Crippen LogP contribution in [0, 0.1) is 5.92 Å². The molecule has 0 nitrogen and oxygen atoms in total. The Morgan fingerprint density at radius 1 is 1.00 bits per heavy atom. The first kappa shape index (κ1) is 21.1. The zero-order chi connectivity index (χ0) is 16.3. The van der Waals surface area contributed by atoms with Crippen LogP contribution >= 0.6 is 17.2 Å². The van der Waals surface area contributed by atoms with Crippen LogP contribution in [-0.4, -0.2) is 19.0 Å². The highest BCUT2D eigenvalue weighted by Crippen LogP contribution is 2.44. The van der Waals surface area contributed by atoms with Gasteiger partial charge in [-0.3, -0.25) is 0 Å². The van der Waals surface area contributed by atoms with E-state index in [4.69, 9.17) is 0 Å². The van der Waals surface area contributed by atoms with Crippen LogP contribution < -0.4 is 5.30 Å². The highest BCUT2D eigenvalue weighted by molar-refractivity contribution is 7.46. The molecule has 0 bridgehead atoms. The molecule has 0 amide bonds. The molecular weight excluding hydrogens is 290 g/mol. The Bertz CT molecular complexity index is 362. The van der Waals surface area contributed by atoms with Crippen LogP contribution in [0.3, 0.4) is 0 Å². The molecule has 1 aromatic rings. The van der Waals surface area contributed by atoms with Crippen molar-refractivity contribution in [1.29, 1.82) is 0 Å². The SMILES string of the molecule is CC.CC.CPc1ccccc1[C@@H](C)C1CCCC1PC. The largest absolute Gasteiger partial charge is 0.122 e. The van der Waals surface area contributed by atoms with Crippen LogP contribution in [0.5, 0.6) is 0 Å². The Balaban J connectivity index is 0.000000921. The lowest BCUT2D eigenvalue weighted by Crippen LogP contribution is -2.20. The first-order chi connectivity index (χ1) is 10.3. The number of rotatable bonds is 4. The molecule has 1 aliphatic rings. The fraction of sp³-hybridized carbons (Fsp3) is 0.684. The van der Waals surface area contributed by atoms with Gasteiger partial charge in [0, 0.05) is 0 Å². The summed E-state index contributed by atoms with van der Waals surface area (Å²) in [6.07, 6.45) is 4.38. The van der Waals surface area contributed by atoms with E-state index in [1.54, 1.807) is 10.9 Å². The summed E-state index contributed by atoms with van der Waals surface area (Å²) >= 11 is 0. The first-order valence-corrected chi connectivity index (χ1v) is 11.8. The average Bonchev–Trinajstić information content (AvgIpc) is 3.06. The second kappa shape index (κ2) is 12.6. The highest BCUT2D eigenvalue weighted by Gasteiger charge is 2.31. The van der Waals surface area contributed by atoms with Crippen molar-refractivity contribution < 1.29 is 0 Å². The first-order valence-electron chi connectivity index (χ1n) is 8.72. The van der Waals surface area contributed by atoms with E-state index in [-0.39, 0.29) is 0 Å². The van der Waals surface area contributed by atoms with Gasteiger partial charge >= 0.3 is 0 Å². The van der Waals surface area contributed by atoms with Gasteiger partial charge in [-0.05, 0) is 54.5 Å². The summed E-state index contributed by atoms with van der Waals surface area (Å²) in [4.78, 5) is 0. The summed E-state index contributed by atoms with van der Waals surface area (Å²) in [5.74, 6) is 1.70. The standard InChI is InChI=1S/C15H24P2.2C2H6/c1-11(13-8-6-10-15(13)17-3)12-7-4-5-9-14(12)16-2;2*1-2/h4-5,7,9,11,13,15-17H,6,8,10H2,1-3H3;2*1-2H3/t11-,13?,15?;;/m1../s1. The predicted octanol–water partition coefficient (Wildman–Crippen LogP) is 6.25. The van der Waals surface area contributed by atoms with Crippen molar-refractivity contribution >= 4 is 22.5 Å². The Morgan fingerprint density at radius 3 is 2.19 bits per heavy atom. The molecule has 1 fully saturated rings. The molecule has 122 valence electrons. The molecule has 0 N–H and O–H groups in total. The van der Waals surface area contributed by atoms with Crippen molar-refractivity contribution in [2.75, 3.05) is 13.3 Å². The molecule has 1 saturated carbocycles. The third-order valence-corrected chi connectivity index (χ3v) is 6.76. The molecule has 4 unspecified atom stereocenters. The minimum atomic E-state index is 0.763. The Morgan fingerprint density at radius 2 is 1.62 bits per heavy atom. The normalized spacial score (nSPS) is 22.8. The molecule has 21 heavy (non-hydrogen) atoms. The van der Waals surface area contributed by atoms with E-state index in [1.807, 2.05) is 27.7 Å². The van der Waals surface area contributed by atoms with E-state index in [0.717, 1.165) is 34.7 Å². The van der Waals surface area contributed by atoms with Crippen LogP contribution in [0.1, 0.15) is 65.4 Å². The zero-order valence-corrected chi connectivity index (χ0v) is 17.2. The van der Waals surface area contributed by atoms with E-state index < -0.39 is 0 Å². The lowest BCUT2D eigenvalue weighted by molar-refractivity contribution is 0.470. The number of benzene rings is 1. The molecule has 0 heterocycles. The lowest BCUT2D eigenvalue weighted by Gasteiger charge is -2.27. The zero-order valence-electron chi connectivity index (χ0n) is 15.2. The molecule has 1 aromatic carbocycles. The fourth-order valence-corrected chi connectivity index (χ4v) is 5.54. The van der Waals surface area contributed by atoms with Gasteiger partial charge < -0.3 is 0 Å². The van der Waals surface area contributed by atoms with Gasteiger partial charge in [-0.1, -0.05) is 73.9 Å². The number of hydrogen-bond acceptors (Lipinski definition) is 0. The molecule has 0 aliphatic heterocycles. The molecule has 0 aromatic heterocycles. The maximum atomic E-state index is 2.46. The minimum Gasteiger partial charge on any atom is -0.122 e. The van der Waals surface area contributed by atoms with Crippen LogP contribution in [0.2, 0.25) is 0 Å². The molecular formula is C19H36P2. The van der Waals surface area contributed by atoms with Gasteiger partial charge in [-0.2, -0.15) is 0 Å². The van der Waals surface area contributed by atoms with Crippen molar-refractivity contribution in [2.24, 2.45) is 5.92 Å². The highest BCUT2D eigenvalue weighted by atomic mass is 31.1. The van der Waals surface area contributed by atoms with Gasteiger partial charge in [0.1, 0.15) is 0 Å². The van der Waals surface area contributed by atoms with Gasteiger partial charge in [-0.15, -0.1) is 8.58 Å². The summed E-state index contributed by atoms with van der Waals surface area (Å²) in [6.45, 7) is 15.2. The van der Waals surface area contributed by atoms with Crippen LogP contribution in [0.4, 0.5) is 0 Å². The van der Waals surface area contributed by atoms with E-state index in [2.05, 4.69) is 44.5 Å². The van der Waals surface area contributed by atoms with Crippen molar-refractivity contribution in [3.05, 3.63) is 29.8 Å². The lowest BCUT2D eigenvalue weighted by atomic mass is 9.86. The summed E-state index contributed by atoms with van der Waals surface area (Å²) in [7, 11) is 2.06. The second-order valence-corrected chi connectivity index (χ2v) is 7.47. The van der Waals surface area contributed by atoms with Crippen LogP contribution in [0.15, 0.2) is 24.3 Å². The van der Waals surface area contributed by atoms with Gasteiger partial charge in [0.05, 0.1) is 0 Å². The van der Waals surface area contributed by atoms with Crippen molar-refractivity contribution in [3.63, 3.8) is 0 Å². The Hall–Kier alpha value is 0.0800. The molecule has 5 atom stereocenters. The summed E-state index contributed by atoms with van der Waals surface area (Å²) < 4.78 is 0. The second-order valence-electron chi connectivity index (χ2n) is 5.12. The molecule has 1 aliphatic carbocycles. The van der Waals surface area contributed by atoms with E-state index >= 15 is 0 Å². The Kier molecular flexibility index (Phi) is 12.7. The quantitative estimate of drug-likeness (QED) is 0.573. The summed E-state index contributed by atoms with van der Waals surface area (Å²) in [5.41, 5.74) is 2.63. The minimum absolute atomic E-state index is 0.763. The molecule has 0 radical (unpaired) electrons. The fourth-order valence-electron chi connectivity index (χ4n) is 3.30. The summed E-state index contributed by atoms with van der Waals surface area (Å²) in [6, 6.07) is 9.09. The third-order valence-electron chi connectivity index (χ3n) is 4.30. The van der Waals surface area contributed by atoms with E-state index in [9.17, 15) is 0 Å². The molecule has 0 saturated heterocycles. The average molecular weight is 326 g/mol. The molecule has 2 rings (SSSR count). The predicted molar refractivity (Wildman–Crippen MR) is 107 cm³/mol. The topological polar surface area (TPSA) is 0 Å². The van der Waals surface area contributed by atoms with E-state index in [0.29, 0.717) is 0 Å². The number of hydrogen-bond donors (Lipinski definition) is 0. The maximum absolute atomic E-state index is 2.46. The van der Waals surface area contributed by atoms with Gasteiger partial charge in [0.25, 0.3) is 0 Å². The van der Waals surface area contributed by atoms with Crippen LogP contribution in [0.25, 0.3) is 0 Å². The molecule has 2 heteroatoms.